The largest absolute Gasteiger partial charge is 0.397 e. The van der Waals surface area contributed by atoms with Crippen LogP contribution < -0.4 is 11.1 Å². The van der Waals surface area contributed by atoms with Crippen LogP contribution in [0, 0.1) is 0 Å². The Kier molecular flexibility index (Phi) is 9.08. The molecule has 3 rings (SSSR count). The maximum Gasteiger partial charge on any atom is 0.182 e. The first-order chi connectivity index (χ1) is 14.0. The van der Waals surface area contributed by atoms with Gasteiger partial charge < -0.3 is 16.0 Å². The van der Waals surface area contributed by atoms with Gasteiger partial charge in [0.1, 0.15) is 11.3 Å². The summed E-state index contributed by atoms with van der Waals surface area (Å²) in [4.78, 5) is 16.2. The highest BCUT2D eigenvalue weighted by Crippen LogP contribution is 2.24. The number of anilines is 2. The Morgan fingerprint density at radius 1 is 1.13 bits per heavy atom. The number of fused-ring (bicyclic) bond motifs is 1. The fraction of sp³-hybridized carbons (Fsp3) is 0.409. The maximum absolute atomic E-state index is 6.21. The lowest BCUT2D eigenvalue weighted by Gasteiger charge is -2.20. The molecular formula is C22H30Cl2N6. The van der Waals surface area contributed by atoms with Crippen molar-refractivity contribution in [2.45, 2.75) is 39.7 Å². The second-order valence-electron chi connectivity index (χ2n) is 7.25. The number of nitrogens with zero attached hydrogens (tertiary/aromatic N) is 4. The van der Waals surface area contributed by atoms with Gasteiger partial charge in [-0.15, -0.1) is 12.4 Å². The Bertz CT molecular complexity index is 944. The van der Waals surface area contributed by atoms with E-state index in [0.29, 0.717) is 27.9 Å². The first-order valence-electron chi connectivity index (χ1n) is 10.2. The van der Waals surface area contributed by atoms with E-state index in [1.165, 1.54) is 0 Å². The molecule has 2 heterocycles. The zero-order valence-corrected chi connectivity index (χ0v) is 19.3. The average Bonchev–Trinajstić information content (AvgIpc) is 2.71. The summed E-state index contributed by atoms with van der Waals surface area (Å²) in [5, 5.41) is 4.14. The van der Waals surface area contributed by atoms with Gasteiger partial charge in [-0.1, -0.05) is 37.6 Å². The molecule has 3 N–H and O–H groups in total. The average molecular weight is 449 g/mol. The van der Waals surface area contributed by atoms with Crippen LogP contribution in [0.2, 0.25) is 5.02 Å². The number of aromatic nitrogens is 3. The standard InChI is InChI=1S/C22H29ClN6.ClH/c1-4-29(5-2)12-6-7-15(3)26-20-13-18(24)21-22(28-20)27-19(14-25-21)16-8-10-17(23)11-9-16;/h8-11,13-15H,4-7,12H2,1-3H3,(H3,24,26,27,28);1H. The van der Waals surface area contributed by atoms with E-state index in [2.05, 4.69) is 45.9 Å². The molecule has 0 aliphatic rings. The molecular weight excluding hydrogens is 419 g/mol. The van der Waals surface area contributed by atoms with Crippen LogP contribution in [0.25, 0.3) is 22.4 Å². The predicted molar refractivity (Wildman–Crippen MR) is 130 cm³/mol. The monoisotopic (exact) mass is 448 g/mol. The number of benzene rings is 1. The summed E-state index contributed by atoms with van der Waals surface area (Å²) in [6.07, 6.45) is 3.92. The van der Waals surface area contributed by atoms with Gasteiger partial charge in [-0.3, -0.25) is 0 Å². The van der Waals surface area contributed by atoms with Crippen molar-refractivity contribution < 1.29 is 0 Å². The third-order valence-electron chi connectivity index (χ3n) is 5.09. The lowest BCUT2D eigenvalue weighted by atomic mass is 10.1. The van der Waals surface area contributed by atoms with Crippen molar-refractivity contribution in [1.82, 2.24) is 19.9 Å². The first kappa shape index (κ1) is 24.1. The molecule has 0 aliphatic heterocycles. The minimum atomic E-state index is 0. The number of hydrogen-bond acceptors (Lipinski definition) is 6. The normalized spacial score (nSPS) is 12.0. The van der Waals surface area contributed by atoms with Gasteiger partial charge in [0.05, 0.1) is 17.6 Å². The molecule has 1 atom stereocenters. The second-order valence-corrected chi connectivity index (χ2v) is 7.68. The number of nitrogens with one attached hydrogen (secondary N) is 1. The summed E-state index contributed by atoms with van der Waals surface area (Å²) in [7, 11) is 0. The molecule has 0 radical (unpaired) electrons. The number of hydrogen-bond donors (Lipinski definition) is 2. The molecule has 0 bridgehead atoms. The van der Waals surface area contributed by atoms with Crippen LogP contribution in [0.15, 0.2) is 36.5 Å². The van der Waals surface area contributed by atoms with Gasteiger partial charge in [0.15, 0.2) is 5.65 Å². The van der Waals surface area contributed by atoms with Crippen LogP contribution in [0.3, 0.4) is 0 Å². The number of rotatable bonds is 9. The van der Waals surface area contributed by atoms with Crippen LogP contribution in [0.5, 0.6) is 0 Å². The zero-order chi connectivity index (χ0) is 20.8. The SMILES string of the molecule is CCN(CC)CCCC(C)Nc1cc(N)c2ncc(-c3ccc(Cl)cc3)nc2n1.Cl. The van der Waals surface area contributed by atoms with Crippen LogP contribution in [0.1, 0.15) is 33.6 Å². The highest BCUT2D eigenvalue weighted by Gasteiger charge is 2.11. The van der Waals surface area contributed by atoms with Crippen LogP contribution in [-0.2, 0) is 0 Å². The molecule has 30 heavy (non-hydrogen) atoms. The predicted octanol–water partition coefficient (Wildman–Crippen LogP) is 5.27. The van der Waals surface area contributed by atoms with Crippen molar-refractivity contribution in [2.24, 2.45) is 0 Å². The number of nitrogen functional groups attached to an aromatic ring is 1. The molecule has 0 amide bonds. The Morgan fingerprint density at radius 2 is 1.83 bits per heavy atom. The van der Waals surface area contributed by atoms with E-state index in [1.807, 2.05) is 30.3 Å². The van der Waals surface area contributed by atoms with Gasteiger partial charge in [-0.05, 0) is 51.5 Å². The molecule has 0 aliphatic carbocycles. The molecule has 0 fully saturated rings. The minimum Gasteiger partial charge on any atom is -0.397 e. The lowest BCUT2D eigenvalue weighted by molar-refractivity contribution is 0.295. The first-order valence-corrected chi connectivity index (χ1v) is 10.6. The van der Waals surface area contributed by atoms with Crippen molar-refractivity contribution in [3.63, 3.8) is 0 Å². The number of halogens is 2. The number of pyridine rings is 1. The van der Waals surface area contributed by atoms with Crippen LogP contribution >= 0.6 is 24.0 Å². The molecule has 2 aromatic heterocycles. The van der Waals surface area contributed by atoms with Gasteiger partial charge in [-0.25, -0.2) is 15.0 Å². The second kappa shape index (κ2) is 11.3. The quantitative estimate of drug-likeness (QED) is 0.463. The minimum absolute atomic E-state index is 0. The summed E-state index contributed by atoms with van der Waals surface area (Å²) in [6.45, 7) is 9.87. The topological polar surface area (TPSA) is 80.0 Å². The molecule has 0 saturated carbocycles. The van der Waals surface area contributed by atoms with Crippen molar-refractivity contribution in [2.75, 3.05) is 30.7 Å². The summed E-state index contributed by atoms with van der Waals surface area (Å²) < 4.78 is 0. The van der Waals surface area contributed by atoms with Crippen molar-refractivity contribution in [1.29, 1.82) is 0 Å². The Labute approximate surface area is 189 Å². The fourth-order valence-electron chi connectivity index (χ4n) is 3.34. The van der Waals surface area contributed by atoms with E-state index in [-0.39, 0.29) is 12.4 Å². The third-order valence-corrected chi connectivity index (χ3v) is 5.34. The summed E-state index contributed by atoms with van der Waals surface area (Å²) in [5.41, 5.74) is 9.61. The van der Waals surface area contributed by atoms with E-state index in [0.717, 1.165) is 49.6 Å². The maximum atomic E-state index is 6.21. The summed E-state index contributed by atoms with van der Waals surface area (Å²) in [6, 6.07) is 9.64. The molecule has 6 nitrogen and oxygen atoms in total. The Hall–Kier alpha value is -2.15. The van der Waals surface area contributed by atoms with E-state index >= 15 is 0 Å². The highest BCUT2D eigenvalue weighted by atomic mass is 35.5. The van der Waals surface area contributed by atoms with Gasteiger partial charge in [0.25, 0.3) is 0 Å². The van der Waals surface area contributed by atoms with Crippen molar-refractivity contribution >= 4 is 46.7 Å². The molecule has 162 valence electrons. The molecule has 0 saturated heterocycles. The summed E-state index contributed by atoms with van der Waals surface area (Å²) in [5.74, 6) is 0.730. The van der Waals surface area contributed by atoms with Gasteiger partial charge in [0, 0.05) is 22.7 Å². The van der Waals surface area contributed by atoms with Gasteiger partial charge >= 0.3 is 0 Å². The number of nitrogens with two attached hydrogens (primary N) is 1. The van der Waals surface area contributed by atoms with Gasteiger partial charge in [0.2, 0.25) is 0 Å². The third kappa shape index (κ3) is 6.17. The smallest absolute Gasteiger partial charge is 0.182 e. The molecule has 1 aromatic carbocycles. The van der Waals surface area contributed by atoms with Crippen LogP contribution in [0.4, 0.5) is 11.5 Å². The van der Waals surface area contributed by atoms with Crippen molar-refractivity contribution in [3.8, 4) is 11.3 Å². The lowest BCUT2D eigenvalue weighted by Crippen LogP contribution is -2.25. The highest BCUT2D eigenvalue weighted by molar-refractivity contribution is 6.30. The molecule has 0 spiro atoms. The Balaban J connectivity index is 0.00000320. The molecule has 3 aromatic rings. The van der Waals surface area contributed by atoms with E-state index in [4.69, 9.17) is 17.3 Å². The summed E-state index contributed by atoms with van der Waals surface area (Å²) >= 11 is 5.98. The van der Waals surface area contributed by atoms with E-state index < -0.39 is 0 Å². The zero-order valence-electron chi connectivity index (χ0n) is 17.7. The Morgan fingerprint density at radius 3 is 2.50 bits per heavy atom. The van der Waals surface area contributed by atoms with E-state index in [9.17, 15) is 0 Å². The molecule has 8 heteroatoms. The van der Waals surface area contributed by atoms with E-state index in [1.54, 1.807) is 6.20 Å². The van der Waals surface area contributed by atoms with Crippen LogP contribution in [-0.4, -0.2) is 45.5 Å². The fourth-order valence-corrected chi connectivity index (χ4v) is 3.47. The van der Waals surface area contributed by atoms with Crippen molar-refractivity contribution in [3.05, 3.63) is 41.6 Å². The van der Waals surface area contributed by atoms with Gasteiger partial charge in [-0.2, -0.15) is 0 Å². The molecule has 1 unspecified atom stereocenters.